The van der Waals surface area contributed by atoms with Gasteiger partial charge in [0, 0.05) is 29.4 Å². The van der Waals surface area contributed by atoms with Crippen LogP contribution >= 0.6 is 11.6 Å². The number of carbonyl (C=O) groups excluding carboxylic acids is 1. The first kappa shape index (κ1) is 16.6. The van der Waals surface area contributed by atoms with Crippen molar-refractivity contribution in [2.24, 2.45) is 5.92 Å². The number of benzene rings is 2. The van der Waals surface area contributed by atoms with Crippen molar-refractivity contribution >= 4 is 34.5 Å². The van der Waals surface area contributed by atoms with Gasteiger partial charge >= 0.3 is 5.97 Å². The van der Waals surface area contributed by atoms with Gasteiger partial charge in [-0.1, -0.05) is 11.6 Å². The van der Waals surface area contributed by atoms with Gasteiger partial charge in [0.2, 0.25) is 0 Å². The molecule has 2 heterocycles. The van der Waals surface area contributed by atoms with E-state index in [-0.39, 0.29) is 12.5 Å². The molecule has 1 aliphatic heterocycles. The van der Waals surface area contributed by atoms with Crippen LogP contribution in [0.25, 0.3) is 16.7 Å². The first-order valence-electron chi connectivity index (χ1n) is 8.28. The maximum absolute atomic E-state index is 12.8. The summed E-state index contributed by atoms with van der Waals surface area (Å²) in [4.78, 5) is 29.9. The number of rotatable bonds is 3. The third-order valence-corrected chi connectivity index (χ3v) is 4.98. The highest BCUT2D eigenvalue weighted by Gasteiger charge is 2.31. The van der Waals surface area contributed by atoms with Gasteiger partial charge in [0.1, 0.15) is 6.33 Å². The number of nitrogens with zero attached hydrogens (tertiary/aromatic N) is 3. The molecular weight excluding hydrogens is 354 g/mol. The van der Waals surface area contributed by atoms with E-state index in [1.807, 2.05) is 16.7 Å². The number of fused-ring (bicyclic) bond motifs is 1. The number of hydrogen-bond acceptors (Lipinski definition) is 3. The van der Waals surface area contributed by atoms with Crippen molar-refractivity contribution in [1.29, 1.82) is 0 Å². The summed E-state index contributed by atoms with van der Waals surface area (Å²) in [6, 6.07) is 12.7. The van der Waals surface area contributed by atoms with E-state index in [9.17, 15) is 9.59 Å². The summed E-state index contributed by atoms with van der Waals surface area (Å²) in [7, 11) is 0. The Morgan fingerprint density at radius 3 is 2.62 bits per heavy atom. The number of carbonyl (C=O) groups is 2. The van der Waals surface area contributed by atoms with Crippen molar-refractivity contribution in [3.05, 3.63) is 59.4 Å². The van der Waals surface area contributed by atoms with Crippen LogP contribution < -0.4 is 0 Å². The van der Waals surface area contributed by atoms with Crippen LogP contribution in [-0.4, -0.2) is 44.5 Å². The predicted octanol–water partition coefficient (Wildman–Crippen LogP) is 3.23. The topological polar surface area (TPSA) is 75.4 Å². The number of amides is 1. The van der Waals surface area contributed by atoms with Crippen molar-refractivity contribution in [3.8, 4) is 5.69 Å². The van der Waals surface area contributed by atoms with Gasteiger partial charge in [0.25, 0.3) is 5.91 Å². The fraction of sp³-hybridized carbons (Fsp3) is 0.211. The van der Waals surface area contributed by atoms with Crippen LogP contribution in [0.5, 0.6) is 0 Å². The molecule has 0 bridgehead atoms. The molecule has 3 aromatic rings. The fourth-order valence-corrected chi connectivity index (χ4v) is 3.40. The Morgan fingerprint density at radius 2 is 1.92 bits per heavy atom. The average molecular weight is 370 g/mol. The lowest BCUT2D eigenvalue weighted by molar-refractivity contribution is -0.141. The standard InChI is InChI=1S/C19H16ClN3O3/c20-14-2-4-15(5-3-14)23-11-21-16-6-1-12(9-17(16)23)18(24)22-8-7-13(10-22)19(25)26/h1-6,9,11,13H,7-8,10H2,(H,25,26). The molecule has 132 valence electrons. The van der Waals surface area contributed by atoms with Gasteiger partial charge in [-0.05, 0) is 48.9 Å². The summed E-state index contributed by atoms with van der Waals surface area (Å²) in [5.74, 6) is -1.49. The molecule has 1 atom stereocenters. The van der Waals surface area contributed by atoms with Crippen molar-refractivity contribution in [2.75, 3.05) is 13.1 Å². The van der Waals surface area contributed by atoms with Gasteiger partial charge in [0.05, 0.1) is 17.0 Å². The van der Waals surface area contributed by atoms with Crippen LogP contribution in [0.3, 0.4) is 0 Å². The molecule has 1 saturated heterocycles. The van der Waals surface area contributed by atoms with Gasteiger partial charge in [-0.2, -0.15) is 0 Å². The zero-order valence-electron chi connectivity index (χ0n) is 13.8. The largest absolute Gasteiger partial charge is 0.481 e. The lowest BCUT2D eigenvalue weighted by atomic mass is 10.1. The predicted molar refractivity (Wildman–Crippen MR) is 97.7 cm³/mol. The Balaban J connectivity index is 1.67. The number of hydrogen-bond donors (Lipinski definition) is 1. The number of halogens is 1. The zero-order chi connectivity index (χ0) is 18.3. The third kappa shape index (κ3) is 2.93. The van der Waals surface area contributed by atoms with Gasteiger partial charge < -0.3 is 10.0 Å². The summed E-state index contributed by atoms with van der Waals surface area (Å²) in [5, 5.41) is 9.77. The molecule has 1 unspecified atom stereocenters. The zero-order valence-corrected chi connectivity index (χ0v) is 14.6. The summed E-state index contributed by atoms with van der Waals surface area (Å²) in [5.41, 5.74) is 3.02. The van der Waals surface area contributed by atoms with E-state index >= 15 is 0 Å². The molecule has 2 aromatic carbocycles. The second-order valence-corrected chi connectivity index (χ2v) is 6.81. The Bertz CT molecular complexity index is 997. The molecule has 1 N–H and O–H groups in total. The van der Waals surface area contributed by atoms with Crippen molar-refractivity contribution in [1.82, 2.24) is 14.5 Å². The summed E-state index contributed by atoms with van der Waals surface area (Å²) in [6.45, 7) is 0.715. The maximum Gasteiger partial charge on any atom is 0.308 e. The minimum atomic E-state index is -0.850. The van der Waals surface area contributed by atoms with E-state index in [1.54, 1.807) is 41.6 Å². The Kier molecular flexibility index (Phi) is 4.12. The number of aliphatic carboxylic acids is 1. The SMILES string of the molecule is O=C(O)C1CCN(C(=O)c2ccc3ncn(-c4ccc(Cl)cc4)c3c2)C1. The molecule has 1 fully saturated rings. The Labute approximate surface area is 154 Å². The van der Waals surface area contributed by atoms with Gasteiger partial charge in [0.15, 0.2) is 0 Å². The Hall–Kier alpha value is -2.86. The normalized spacial score (nSPS) is 17.0. The van der Waals surface area contributed by atoms with Crippen LogP contribution in [0.2, 0.25) is 5.02 Å². The highest BCUT2D eigenvalue weighted by atomic mass is 35.5. The van der Waals surface area contributed by atoms with Gasteiger partial charge in [-0.25, -0.2) is 4.98 Å². The number of aromatic nitrogens is 2. The minimum absolute atomic E-state index is 0.153. The quantitative estimate of drug-likeness (QED) is 0.769. The summed E-state index contributed by atoms with van der Waals surface area (Å²) in [6.07, 6.45) is 2.20. The third-order valence-electron chi connectivity index (χ3n) is 4.72. The molecule has 1 amide bonds. The van der Waals surface area contributed by atoms with Gasteiger partial charge in [-0.15, -0.1) is 0 Å². The van der Waals surface area contributed by atoms with Crippen molar-refractivity contribution < 1.29 is 14.7 Å². The molecule has 0 spiro atoms. The molecule has 6 nitrogen and oxygen atoms in total. The number of carboxylic acids is 1. The van der Waals surface area contributed by atoms with E-state index in [1.165, 1.54) is 0 Å². The molecule has 0 radical (unpaired) electrons. The van der Waals surface area contributed by atoms with Crippen molar-refractivity contribution in [2.45, 2.75) is 6.42 Å². The van der Waals surface area contributed by atoms with E-state index in [0.717, 1.165) is 16.7 Å². The Morgan fingerprint density at radius 1 is 1.15 bits per heavy atom. The molecule has 0 aliphatic carbocycles. The van der Waals surface area contributed by atoms with Crippen molar-refractivity contribution in [3.63, 3.8) is 0 Å². The van der Waals surface area contributed by atoms with Crippen LogP contribution in [0.1, 0.15) is 16.8 Å². The number of carboxylic acid groups (broad SMARTS) is 1. The first-order chi connectivity index (χ1) is 12.5. The van der Waals surface area contributed by atoms with Crippen LogP contribution in [0.15, 0.2) is 48.8 Å². The molecule has 0 saturated carbocycles. The van der Waals surface area contributed by atoms with E-state index in [2.05, 4.69) is 4.98 Å². The smallest absolute Gasteiger partial charge is 0.308 e. The fourth-order valence-electron chi connectivity index (χ4n) is 3.28. The molecule has 4 rings (SSSR count). The molecular formula is C19H16ClN3O3. The minimum Gasteiger partial charge on any atom is -0.481 e. The lowest BCUT2D eigenvalue weighted by Gasteiger charge is -2.16. The highest BCUT2D eigenvalue weighted by Crippen LogP contribution is 2.23. The van der Waals surface area contributed by atoms with E-state index in [4.69, 9.17) is 16.7 Å². The maximum atomic E-state index is 12.8. The second kappa shape index (κ2) is 6.46. The molecule has 1 aromatic heterocycles. The van der Waals surface area contributed by atoms with Gasteiger partial charge in [-0.3, -0.25) is 14.2 Å². The highest BCUT2D eigenvalue weighted by molar-refractivity contribution is 6.30. The molecule has 7 heteroatoms. The summed E-state index contributed by atoms with van der Waals surface area (Å²) >= 11 is 5.95. The second-order valence-electron chi connectivity index (χ2n) is 6.37. The number of imidazole rings is 1. The molecule has 1 aliphatic rings. The average Bonchev–Trinajstić information content (AvgIpc) is 3.29. The monoisotopic (exact) mass is 369 g/mol. The number of likely N-dealkylation sites (tertiary alicyclic amines) is 1. The lowest BCUT2D eigenvalue weighted by Crippen LogP contribution is -2.29. The van der Waals surface area contributed by atoms with Crippen LogP contribution in [0, 0.1) is 5.92 Å². The molecule has 26 heavy (non-hydrogen) atoms. The first-order valence-corrected chi connectivity index (χ1v) is 8.66. The van der Waals surface area contributed by atoms with Crippen LogP contribution in [0.4, 0.5) is 0 Å². The van der Waals surface area contributed by atoms with E-state index in [0.29, 0.717) is 23.6 Å². The van der Waals surface area contributed by atoms with Crippen LogP contribution in [-0.2, 0) is 4.79 Å². The van der Waals surface area contributed by atoms with E-state index < -0.39 is 11.9 Å². The summed E-state index contributed by atoms with van der Waals surface area (Å²) < 4.78 is 1.90.